The number of nitrogens with one attached hydrogen (secondary N) is 1. The smallest absolute Gasteiger partial charge is 0.222 e. The highest BCUT2D eigenvalue weighted by Gasteiger charge is 2.27. The van der Waals surface area contributed by atoms with Crippen LogP contribution in [0.5, 0.6) is 0 Å². The van der Waals surface area contributed by atoms with Gasteiger partial charge in [-0.2, -0.15) is 0 Å². The lowest BCUT2D eigenvalue weighted by Gasteiger charge is -2.34. The molecule has 3 aromatic carbocycles. The van der Waals surface area contributed by atoms with Gasteiger partial charge in [0, 0.05) is 38.9 Å². The molecular weight excluding hydrogens is 551 g/mol. The second kappa shape index (κ2) is 11.6. The number of aromatic nitrogens is 2. The summed E-state index contributed by atoms with van der Waals surface area (Å²) in [4.78, 5) is 24.8. The van der Waals surface area contributed by atoms with Crippen LogP contribution in [0.1, 0.15) is 43.6 Å². The van der Waals surface area contributed by atoms with Gasteiger partial charge >= 0.3 is 0 Å². The van der Waals surface area contributed by atoms with E-state index in [9.17, 15) is 13.2 Å². The third kappa shape index (κ3) is 6.13. The molecule has 1 N–H and O–H groups in total. The lowest BCUT2D eigenvalue weighted by atomic mass is 9.77. The molecule has 2 fully saturated rings. The molecule has 7 nitrogen and oxygen atoms in total. The molecule has 1 saturated carbocycles. The number of hydrogen-bond acceptors (Lipinski definition) is 5. The number of aromatic amines is 1. The van der Waals surface area contributed by atoms with Gasteiger partial charge in [0.25, 0.3) is 0 Å². The van der Waals surface area contributed by atoms with Crippen molar-refractivity contribution in [2.45, 2.75) is 42.9 Å². The van der Waals surface area contributed by atoms with Crippen molar-refractivity contribution in [2.75, 3.05) is 39.5 Å². The number of carbonyl (C=O) groups excluding carboxylic acids is 1. The minimum absolute atomic E-state index is 0.189. The predicted octanol–water partition coefficient (Wildman–Crippen LogP) is 5.88. The van der Waals surface area contributed by atoms with E-state index < -0.39 is 15.7 Å². The SMILES string of the molecule is CN1CCN(C(=O)CC2CCC(c3ccc(-c4ccc(-c5nc6ccc(S(C)(=O)=O)cc6[nH]5)c(F)c4)cc3)CC2)CC1. The Morgan fingerprint density at radius 1 is 0.929 bits per heavy atom. The maximum Gasteiger partial charge on any atom is 0.222 e. The number of hydrogen-bond donors (Lipinski definition) is 1. The molecule has 6 rings (SSSR count). The number of piperazine rings is 1. The number of rotatable bonds is 6. The molecule has 9 heteroatoms. The first-order valence-corrected chi connectivity index (χ1v) is 16.6. The van der Waals surface area contributed by atoms with E-state index in [-0.39, 0.29) is 4.90 Å². The second-order valence-corrected chi connectivity index (χ2v) is 14.0. The molecule has 0 unspecified atom stereocenters. The third-order valence-electron chi connectivity index (χ3n) is 8.99. The van der Waals surface area contributed by atoms with E-state index >= 15 is 4.39 Å². The van der Waals surface area contributed by atoms with E-state index in [1.165, 1.54) is 23.8 Å². The van der Waals surface area contributed by atoms with Crippen LogP contribution in [0.2, 0.25) is 0 Å². The average Bonchev–Trinajstić information content (AvgIpc) is 3.41. The standard InChI is InChI=1S/C33H37FN4O3S/c1-37-15-17-38(18-16-37)32(39)19-22-3-5-23(6-4-22)24-7-9-25(10-8-24)26-11-13-28(29(34)20-26)33-35-30-14-12-27(42(2,40)41)21-31(30)36-33/h7-14,20-23H,3-6,15-19H2,1-2H3,(H,35,36). The first-order valence-electron chi connectivity index (χ1n) is 14.7. The van der Waals surface area contributed by atoms with Crippen LogP contribution in [0.4, 0.5) is 4.39 Å². The zero-order valence-corrected chi connectivity index (χ0v) is 25.0. The zero-order chi connectivity index (χ0) is 29.4. The van der Waals surface area contributed by atoms with Gasteiger partial charge in [-0.05, 0) is 91.6 Å². The van der Waals surface area contributed by atoms with Crippen molar-refractivity contribution >= 4 is 26.8 Å². The number of amides is 1. The quantitative estimate of drug-likeness (QED) is 0.304. The topological polar surface area (TPSA) is 86.4 Å². The maximum absolute atomic E-state index is 15.3. The van der Waals surface area contributed by atoms with Crippen LogP contribution in [0.15, 0.2) is 65.6 Å². The van der Waals surface area contributed by atoms with Crippen LogP contribution in [0.3, 0.4) is 0 Å². The Kier molecular flexibility index (Phi) is 7.89. The average molecular weight is 589 g/mol. The second-order valence-electron chi connectivity index (χ2n) is 12.0. The largest absolute Gasteiger partial charge is 0.340 e. The van der Waals surface area contributed by atoms with Gasteiger partial charge in [0.1, 0.15) is 11.6 Å². The summed E-state index contributed by atoms with van der Waals surface area (Å²) >= 11 is 0. The summed E-state index contributed by atoms with van der Waals surface area (Å²) < 4.78 is 39.0. The number of nitrogens with zero attached hydrogens (tertiary/aromatic N) is 3. The fraction of sp³-hybridized carbons (Fsp3) is 0.394. The molecule has 1 aliphatic heterocycles. The molecule has 0 bridgehead atoms. The van der Waals surface area contributed by atoms with Crippen LogP contribution in [-0.4, -0.2) is 73.6 Å². The summed E-state index contributed by atoms with van der Waals surface area (Å²) in [5.74, 6) is 1.24. The van der Waals surface area contributed by atoms with E-state index in [0.29, 0.717) is 46.6 Å². The molecule has 0 atom stereocenters. The predicted molar refractivity (Wildman–Crippen MR) is 163 cm³/mol. The molecule has 42 heavy (non-hydrogen) atoms. The van der Waals surface area contributed by atoms with Gasteiger partial charge in [0.05, 0.1) is 21.5 Å². The number of fused-ring (bicyclic) bond motifs is 1. The summed E-state index contributed by atoms with van der Waals surface area (Å²) in [6.07, 6.45) is 6.17. The maximum atomic E-state index is 15.3. The van der Waals surface area contributed by atoms with E-state index in [2.05, 4.69) is 46.2 Å². The summed E-state index contributed by atoms with van der Waals surface area (Å²) in [7, 11) is -1.25. The number of carbonyl (C=O) groups is 1. The fourth-order valence-corrected chi connectivity index (χ4v) is 6.96. The van der Waals surface area contributed by atoms with Crippen LogP contribution >= 0.6 is 0 Å². The Bertz CT molecular complexity index is 1700. The van der Waals surface area contributed by atoms with Gasteiger partial charge in [-0.25, -0.2) is 17.8 Å². The van der Waals surface area contributed by atoms with Crippen LogP contribution in [-0.2, 0) is 14.6 Å². The Labute approximate surface area is 246 Å². The zero-order valence-electron chi connectivity index (χ0n) is 24.1. The minimum atomic E-state index is -3.35. The van der Waals surface area contributed by atoms with Crippen LogP contribution in [0, 0.1) is 11.7 Å². The normalized spacial score (nSPS) is 20.2. The first-order chi connectivity index (χ1) is 20.1. The molecule has 1 aromatic heterocycles. The summed E-state index contributed by atoms with van der Waals surface area (Å²) in [6.45, 7) is 3.61. The van der Waals surface area contributed by atoms with E-state index in [1.807, 2.05) is 11.0 Å². The molecule has 0 spiro atoms. The summed E-state index contributed by atoms with van der Waals surface area (Å²) in [5.41, 5.74) is 4.48. The van der Waals surface area contributed by atoms with E-state index in [1.54, 1.807) is 12.1 Å². The Balaban J connectivity index is 1.08. The van der Waals surface area contributed by atoms with E-state index in [4.69, 9.17) is 0 Å². The Hall–Kier alpha value is -3.56. The summed E-state index contributed by atoms with van der Waals surface area (Å²) in [6, 6.07) is 18.2. The highest BCUT2D eigenvalue weighted by molar-refractivity contribution is 7.90. The molecule has 1 saturated heterocycles. The van der Waals surface area contributed by atoms with Gasteiger partial charge in [0.15, 0.2) is 9.84 Å². The molecule has 220 valence electrons. The van der Waals surface area contributed by atoms with Crippen molar-refractivity contribution < 1.29 is 17.6 Å². The van der Waals surface area contributed by atoms with Crippen molar-refractivity contribution in [3.05, 3.63) is 72.0 Å². The number of H-pyrrole nitrogens is 1. The van der Waals surface area contributed by atoms with Gasteiger partial charge in [0.2, 0.25) is 5.91 Å². The van der Waals surface area contributed by atoms with Crippen molar-refractivity contribution in [1.29, 1.82) is 0 Å². The molecule has 4 aromatic rings. The number of halogens is 1. The van der Waals surface area contributed by atoms with Gasteiger partial charge in [-0.15, -0.1) is 0 Å². The number of likely N-dealkylation sites (N-methyl/N-ethyl adjacent to an activating group) is 1. The Morgan fingerprint density at radius 2 is 1.62 bits per heavy atom. The lowest BCUT2D eigenvalue weighted by Crippen LogP contribution is -2.47. The molecular formula is C33H37FN4O3S. The number of sulfone groups is 1. The number of benzene rings is 3. The third-order valence-corrected chi connectivity index (χ3v) is 10.1. The fourth-order valence-electron chi connectivity index (χ4n) is 6.31. The highest BCUT2D eigenvalue weighted by Crippen LogP contribution is 2.38. The first kappa shape index (κ1) is 28.6. The van der Waals surface area contributed by atoms with Gasteiger partial charge < -0.3 is 14.8 Å². The molecule has 0 radical (unpaired) electrons. The molecule has 1 aliphatic carbocycles. The van der Waals surface area contributed by atoms with Gasteiger partial charge in [-0.1, -0.05) is 30.3 Å². The lowest BCUT2D eigenvalue weighted by molar-refractivity contribution is -0.134. The molecule has 1 amide bonds. The van der Waals surface area contributed by atoms with Crippen molar-refractivity contribution in [3.63, 3.8) is 0 Å². The molecule has 2 aliphatic rings. The minimum Gasteiger partial charge on any atom is -0.340 e. The Morgan fingerprint density at radius 3 is 2.29 bits per heavy atom. The van der Waals surface area contributed by atoms with Crippen molar-refractivity contribution in [1.82, 2.24) is 19.8 Å². The van der Waals surface area contributed by atoms with Crippen LogP contribution < -0.4 is 0 Å². The van der Waals surface area contributed by atoms with Crippen molar-refractivity contribution in [2.24, 2.45) is 5.92 Å². The summed E-state index contributed by atoms with van der Waals surface area (Å²) in [5, 5.41) is 0. The molecule has 2 heterocycles. The van der Waals surface area contributed by atoms with Crippen molar-refractivity contribution in [3.8, 4) is 22.5 Å². The van der Waals surface area contributed by atoms with Gasteiger partial charge in [-0.3, -0.25) is 4.79 Å². The van der Waals surface area contributed by atoms with Crippen LogP contribution in [0.25, 0.3) is 33.5 Å². The van der Waals surface area contributed by atoms with E-state index in [0.717, 1.165) is 69.2 Å². The highest BCUT2D eigenvalue weighted by atomic mass is 32.2. The number of imidazole rings is 1. The monoisotopic (exact) mass is 588 g/mol.